The SMILES string of the molecule is CCCC[P+]([S-])([S-])OCCC. The third-order valence-electron chi connectivity index (χ3n) is 1.28. The van der Waals surface area contributed by atoms with Crippen LogP contribution < -0.4 is 0 Å². The number of hydrogen-bond donors (Lipinski definition) is 0. The van der Waals surface area contributed by atoms with Crippen LogP contribution in [0.3, 0.4) is 0 Å². The van der Waals surface area contributed by atoms with Gasteiger partial charge in [-0.05, 0) is 12.8 Å². The monoisotopic (exact) mass is 211 g/mol. The van der Waals surface area contributed by atoms with E-state index in [2.05, 4.69) is 13.8 Å². The molecule has 0 atom stereocenters. The molecular weight excluding hydrogens is 195 g/mol. The normalized spacial score (nSPS) is 12.0. The van der Waals surface area contributed by atoms with E-state index in [1.54, 1.807) is 0 Å². The maximum atomic E-state index is 5.42. The second kappa shape index (κ2) is 6.59. The summed E-state index contributed by atoms with van der Waals surface area (Å²) < 4.78 is 5.42. The molecule has 0 spiro atoms. The molecule has 0 aliphatic carbocycles. The van der Waals surface area contributed by atoms with Gasteiger partial charge in [-0.25, -0.2) is 0 Å². The highest BCUT2D eigenvalue weighted by molar-refractivity contribution is 8.71. The summed E-state index contributed by atoms with van der Waals surface area (Å²) in [5.41, 5.74) is 0. The Bertz CT molecular complexity index is 88.4. The Morgan fingerprint density at radius 1 is 1.18 bits per heavy atom. The Kier molecular flexibility index (Phi) is 7.24. The molecule has 0 unspecified atom stereocenters. The highest BCUT2D eigenvalue weighted by Gasteiger charge is 2.06. The summed E-state index contributed by atoms with van der Waals surface area (Å²) in [6, 6.07) is 0. The van der Waals surface area contributed by atoms with Crippen LogP contribution in [0.4, 0.5) is 0 Å². The number of hydrogen-bond acceptors (Lipinski definition) is 3. The Morgan fingerprint density at radius 2 is 1.82 bits per heavy atom. The first kappa shape index (κ1) is 12.1. The predicted molar refractivity (Wildman–Crippen MR) is 57.7 cm³/mol. The third-order valence-corrected chi connectivity index (χ3v) is 4.45. The highest BCUT2D eigenvalue weighted by atomic mass is 33.1. The van der Waals surface area contributed by atoms with Gasteiger partial charge in [-0.3, -0.25) is 4.52 Å². The molecule has 0 saturated carbocycles. The van der Waals surface area contributed by atoms with E-state index in [4.69, 9.17) is 29.0 Å². The lowest BCUT2D eigenvalue weighted by Crippen LogP contribution is -1.98. The molecule has 0 saturated heterocycles. The van der Waals surface area contributed by atoms with Crippen molar-refractivity contribution in [3.8, 4) is 0 Å². The summed E-state index contributed by atoms with van der Waals surface area (Å²) in [4.78, 5) is 0. The van der Waals surface area contributed by atoms with Gasteiger partial charge in [0.2, 0.25) is 0 Å². The Morgan fingerprint density at radius 3 is 2.27 bits per heavy atom. The van der Waals surface area contributed by atoms with E-state index in [1.165, 1.54) is 0 Å². The van der Waals surface area contributed by atoms with Crippen LogP contribution in [-0.2, 0) is 29.0 Å². The van der Waals surface area contributed by atoms with E-state index < -0.39 is 5.89 Å². The van der Waals surface area contributed by atoms with E-state index >= 15 is 0 Å². The van der Waals surface area contributed by atoms with E-state index in [9.17, 15) is 0 Å². The van der Waals surface area contributed by atoms with Gasteiger partial charge in [-0.2, -0.15) is 0 Å². The standard InChI is InChI=1S/C7H17OPS2/c1-3-5-7-9(10,11)8-6-4-2/h3-7H2,1-2H3,(H,10,11)/p-1. The molecule has 0 bridgehead atoms. The van der Waals surface area contributed by atoms with Crippen molar-refractivity contribution >= 4 is 30.4 Å². The van der Waals surface area contributed by atoms with Crippen LogP contribution in [-0.4, -0.2) is 12.8 Å². The summed E-state index contributed by atoms with van der Waals surface area (Å²) in [6.45, 7) is 4.96. The molecule has 4 heteroatoms. The van der Waals surface area contributed by atoms with Gasteiger partial charge in [0.25, 0.3) is 0 Å². The molecule has 0 N–H and O–H groups in total. The Labute approximate surface area is 81.0 Å². The van der Waals surface area contributed by atoms with Crippen LogP contribution >= 0.6 is 5.89 Å². The minimum Gasteiger partial charge on any atom is -0.548 e. The molecule has 1 nitrogen and oxygen atoms in total. The van der Waals surface area contributed by atoms with Crippen molar-refractivity contribution < 1.29 is 4.52 Å². The van der Waals surface area contributed by atoms with Gasteiger partial charge in [0.1, 0.15) is 0 Å². The molecule has 11 heavy (non-hydrogen) atoms. The van der Waals surface area contributed by atoms with Gasteiger partial charge in [0.05, 0.1) is 6.61 Å². The zero-order valence-corrected chi connectivity index (χ0v) is 9.73. The quantitative estimate of drug-likeness (QED) is 0.493. The molecule has 0 aromatic carbocycles. The van der Waals surface area contributed by atoms with Gasteiger partial charge in [0, 0.05) is 6.16 Å². The van der Waals surface area contributed by atoms with Crippen molar-refractivity contribution in [2.45, 2.75) is 33.1 Å². The molecule has 0 amide bonds. The van der Waals surface area contributed by atoms with Crippen molar-refractivity contribution in [1.29, 1.82) is 0 Å². The molecule has 0 aliphatic heterocycles. The second-order valence-corrected chi connectivity index (χ2v) is 8.68. The van der Waals surface area contributed by atoms with Gasteiger partial charge in [-0.1, -0.05) is 26.2 Å². The van der Waals surface area contributed by atoms with Crippen LogP contribution in [0.2, 0.25) is 0 Å². The molecular formula is C7H16OPS2-. The average molecular weight is 211 g/mol. The van der Waals surface area contributed by atoms with Crippen LogP contribution in [0.25, 0.3) is 0 Å². The summed E-state index contributed by atoms with van der Waals surface area (Å²) in [7, 11) is 0. The summed E-state index contributed by atoms with van der Waals surface area (Å²) in [6.07, 6.45) is 4.21. The van der Waals surface area contributed by atoms with Crippen molar-refractivity contribution in [3.05, 3.63) is 0 Å². The topological polar surface area (TPSA) is 9.23 Å². The van der Waals surface area contributed by atoms with Gasteiger partial charge in [0.15, 0.2) is 0 Å². The predicted octanol–water partition coefficient (Wildman–Crippen LogP) is 3.07. The fourth-order valence-corrected chi connectivity index (χ4v) is 3.16. The van der Waals surface area contributed by atoms with E-state index in [-0.39, 0.29) is 0 Å². The van der Waals surface area contributed by atoms with Gasteiger partial charge < -0.3 is 24.5 Å². The first-order valence-electron chi connectivity index (χ1n) is 4.07. The Hall–Kier alpha value is 1.09. The largest absolute Gasteiger partial charge is 0.548 e. The van der Waals surface area contributed by atoms with Crippen LogP contribution in [0.15, 0.2) is 0 Å². The molecule has 0 aromatic rings. The molecule has 0 rings (SSSR count). The molecule has 0 aromatic heterocycles. The van der Waals surface area contributed by atoms with Gasteiger partial charge >= 0.3 is 0 Å². The zero-order chi connectivity index (χ0) is 8.74. The highest BCUT2D eigenvalue weighted by Crippen LogP contribution is 2.56. The van der Waals surface area contributed by atoms with E-state index in [0.29, 0.717) is 0 Å². The van der Waals surface area contributed by atoms with E-state index in [0.717, 1.165) is 32.0 Å². The fraction of sp³-hybridized carbons (Fsp3) is 1.00. The second-order valence-electron chi connectivity index (χ2n) is 2.52. The molecule has 68 valence electrons. The summed E-state index contributed by atoms with van der Waals surface area (Å²) >= 11 is 10.4. The smallest absolute Gasteiger partial charge is 0.0854 e. The lowest BCUT2D eigenvalue weighted by Gasteiger charge is -2.37. The fourth-order valence-electron chi connectivity index (χ4n) is 0.647. The van der Waals surface area contributed by atoms with Gasteiger partial charge in [-0.15, -0.1) is 0 Å². The zero-order valence-electron chi connectivity index (χ0n) is 7.21. The third kappa shape index (κ3) is 7.45. The van der Waals surface area contributed by atoms with Crippen LogP contribution in [0.5, 0.6) is 0 Å². The lowest BCUT2D eigenvalue weighted by atomic mass is 10.4. The van der Waals surface area contributed by atoms with Crippen LogP contribution in [0, 0.1) is 0 Å². The number of rotatable bonds is 6. The molecule has 0 aliphatic rings. The first-order chi connectivity index (χ1) is 5.12. The van der Waals surface area contributed by atoms with Crippen molar-refractivity contribution in [2.75, 3.05) is 12.8 Å². The Balaban J connectivity index is 3.43. The maximum Gasteiger partial charge on any atom is 0.0854 e. The average Bonchev–Trinajstić information content (AvgIpc) is 1.97. The first-order valence-corrected chi connectivity index (χ1v) is 7.99. The summed E-state index contributed by atoms with van der Waals surface area (Å²) in [5, 5.41) is 0. The van der Waals surface area contributed by atoms with E-state index in [1.807, 2.05) is 0 Å². The van der Waals surface area contributed by atoms with Crippen molar-refractivity contribution in [3.63, 3.8) is 0 Å². The lowest BCUT2D eigenvalue weighted by molar-refractivity contribution is 0.356. The molecule has 0 heterocycles. The minimum absolute atomic E-state index is 0.741. The molecule has 0 radical (unpaired) electrons. The van der Waals surface area contributed by atoms with Crippen molar-refractivity contribution in [1.82, 2.24) is 0 Å². The minimum atomic E-state index is -1.81. The van der Waals surface area contributed by atoms with Crippen molar-refractivity contribution in [2.24, 2.45) is 0 Å². The molecule has 0 fully saturated rings. The summed E-state index contributed by atoms with van der Waals surface area (Å²) in [5.74, 6) is -1.81. The number of unbranched alkanes of at least 4 members (excludes halogenated alkanes) is 1. The maximum absolute atomic E-state index is 5.42. The van der Waals surface area contributed by atoms with Crippen LogP contribution in [0.1, 0.15) is 33.1 Å².